The van der Waals surface area contributed by atoms with Crippen LogP contribution in [0, 0.1) is 13.8 Å². The lowest BCUT2D eigenvalue weighted by atomic mass is 10.0. The summed E-state index contributed by atoms with van der Waals surface area (Å²) in [4.78, 5) is 8.74. The summed E-state index contributed by atoms with van der Waals surface area (Å²) >= 11 is 0. The Morgan fingerprint density at radius 3 is 2.92 bits per heavy atom. The molecule has 0 spiro atoms. The van der Waals surface area contributed by atoms with Crippen molar-refractivity contribution in [2.24, 2.45) is 0 Å². The van der Waals surface area contributed by atoms with Crippen LogP contribution in [-0.4, -0.2) is 21.7 Å². The van der Waals surface area contributed by atoms with E-state index in [0.717, 1.165) is 47.8 Å². The molecule has 0 fully saturated rings. The fraction of sp³-hybridized carbons (Fsp3) is 0.316. The number of ether oxygens (including phenoxy) is 1. The maximum atomic E-state index is 5.93. The minimum atomic E-state index is 0.364. The van der Waals surface area contributed by atoms with Crippen LogP contribution in [0.5, 0.6) is 5.88 Å². The van der Waals surface area contributed by atoms with Gasteiger partial charge in [0.1, 0.15) is 18.1 Å². The highest BCUT2D eigenvalue weighted by Gasteiger charge is 2.17. The topological polar surface area (TPSA) is 73.1 Å². The van der Waals surface area contributed by atoms with E-state index in [1.165, 1.54) is 11.1 Å². The monoisotopic (exact) mass is 336 g/mol. The maximum absolute atomic E-state index is 5.93. The van der Waals surface area contributed by atoms with Gasteiger partial charge < -0.3 is 14.6 Å². The number of hydrogen-bond donors (Lipinski definition) is 1. The summed E-state index contributed by atoms with van der Waals surface area (Å²) in [5, 5.41) is 7.52. The minimum absolute atomic E-state index is 0.364. The van der Waals surface area contributed by atoms with Crippen LogP contribution >= 0.6 is 0 Å². The molecule has 6 nitrogen and oxygen atoms in total. The summed E-state index contributed by atoms with van der Waals surface area (Å²) < 4.78 is 11.3. The molecule has 0 radical (unpaired) electrons. The molecule has 0 saturated heterocycles. The number of hydrogen-bond acceptors (Lipinski definition) is 6. The number of rotatable bonds is 4. The van der Waals surface area contributed by atoms with E-state index in [1.807, 2.05) is 38.2 Å². The van der Waals surface area contributed by atoms with Crippen molar-refractivity contribution in [3.05, 3.63) is 58.7 Å². The smallest absolute Gasteiger partial charge is 0.213 e. The van der Waals surface area contributed by atoms with Gasteiger partial charge >= 0.3 is 0 Å². The second kappa shape index (κ2) is 6.64. The fourth-order valence-corrected chi connectivity index (χ4v) is 2.96. The van der Waals surface area contributed by atoms with Crippen molar-refractivity contribution in [1.29, 1.82) is 0 Å². The molecule has 25 heavy (non-hydrogen) atoms. The molecule has 0 saturated carbocycles. The van der Waals surface area contributed by atoms with Crippen molar-refractivity contribution >= 4 is 0 Å². The Kier molecular flexibility index (Phi) is 4.19. The molecular weight excluding hydrogens is 316 g/mol. The zero-order valence-corrected chi connectivity index (χ0v) is 14.4. The summed E-state index contributed by atoms with van der Waals surface area (Å²) in [6.45, 7) is 6.08. The van der Waals surface area contributed by atoms with Gasteiger partial charge in [0.25, 0.3) is 0 Å². The molecule has 0 aliphatic carbocycles. The first-order chi connectivity index (χ1) is 12.2. The van der Waals surface area contributed by atoms with Crippen LogP contribution in [0.2, 0.25) is 0 Å². The van der Waals surface area contributed by atoms with E-state index in [1.54, 1.807) is 6.20 Å². The second-order valence-electron chi connectivity index (χ2n) is 6.26. The number of nitrogens with one attached hydrogen (secondary N) is 1. The Hall–Kier alpha value is -2.73. The Bertz CT molecular complexity index is 887. The zero-order chi connectivity index (χ0) is 17.2. The number of fused-ring (bicyclic) bond motifs is 1. The third kappa shape index (κ3) is 3.25. The average Bonchev–Trinajstić information content (AvgIpc) is 3.01. The number of pyridine rings is 2. The van der Waals surface area contributed by atoms with E-state index >= 15 is 0 Å². The summed E-state index contributed by atoms with van der Waals surface area (Å²) in [5.74, 6) is 1.38. The van der Waals surface area contributed by atoms with Crippen molar-refractivity contribution in [2.45, 2.75) is 33.4 Å². The molecule has 3 aromatic heterocycles. The zero-order valence-electron chi connectivity index (χ0n) is 14.4. The van der Waals surface area contributed by atoms with Gasteiger partial charge in [0.15, 0.2) is 0 Å². The normalized spacial score (nSPS) is 13.5. The molecule has 1 aliphatic rings. The lowest BCUT2D eigenvalue weighted by Gasteiger charge is -2.17. The highest BCUT2D eigenvalue weighted by atomic mass is 16.5. The van der Waals surface area contributed by atoms with E-state index in [2.05, 4.69) is 20.4 Å². The number of aromatic nitrogens is 3. The van der Waals surface area contributed by atoms with Crippen LogP contribution in [0.1, 0.15) is 28.1 Å². The third-order valence-corrected chi connectivity index (χ3v) is 4.48. The summed E-state index contributed by atoms with van der Waals surface area (Å²) in [6.07, 6.45) is 4.70. The highest BCUT2D eigenvalue weighted by molar-refractivity contribution is 5.62. The van der Waals surface area contributed by atoms with Crippen molar-refractivity contribution in [3.63, 3.8) is 0 Å². The highest BCUT2D eigenvalue weighted by Crippen LogP contribution is 2.26. The molecular formula is C19H20N4O2. The molecule has 0 atom stereocenters. The van der Waals surface area contributed by atoms with Gasteiger partial charge in [-0.05, 0) is 50.1 Å². The van der Waals surface area contributed by atoms with Gasteiger partial charge in [0, 0.05) is 36.3 Å². The third-order valence-electron chi connectivity index (χ3n) is 4.48. The molecule has 0 amide bonds. The van der Waals surface area contributed by atoms with Crippen LogP contribution in [0.15, 0.2) is 35.1 Å². The van der Waals surface area contributed by atoms with Crippen LogP contribution in [-0.2, 0) is 19.6 Å². The lowest BCUT2D eigenvalue weighted by molar-refractivity contribution is 0.290. The van der Waals surface area contributed by atoms with Crippen molar-refractivity contribution in [1.82, 2.24) is 20.4 Å². The van der Waals surface area contributed by atoms with Gasteiger partial charge in [0.2, 0.25) is 5.88 Å². The Morgan fingerprint density at radius 1 is 1.16 bits per heavy atom. The van der Waals surface area contributed by atoms with Crippen LogP contribution in [0.3, 0.4) is 0 Å². The predicted molar refractivity (Wildman–Crippen MR) is 93.2 cm³/mol. The molecule has 1 N–H and O–H groups in total. The maximum Gasteiger partial charge on any atom is 0.213 e. The van der Waals surface area contributed by atoms with Crippen LogP contribution in [0.25, 0.3) is 11.3 Å². The first-order valence-electron chi connectivity index (χ1n) is 8.40. The second-order valence-corrected chi connectivity index (χ2v) is 6.26. The van der Waals surface area contributed by atoms with E-state index < -0.39 is 0 Å². The molecule has 4 heterocycles. The molecule has 0 unspecified atom stereocenters. The number of nitrogens with zero attached hydrogens (tertiary/aromatic N) is 3. The van der Waals surface area contributed by atoms with Crippen molar-refractivity contribution in [2.75, 3.05) is 6.54 Å². The van der Waals surface area contributed by atoms with Gasteiger partial charge in [-0.3, -0.25) is 4.98 Å². The molecule has 1 aliphatic heterocycles. The van der Waals surface area contributed by atoms with Crippen LogP contribution in [0.4, 0.5) is 0 Å². The number of aryl methyl sites for hydroxylation is 2. The first kappa shape index (κ1) is 15.8. The van der Waals surface area contributed by atoms with E-state index in [4.69, 9.17) is 9.26 Å². The predicted octanol–water partition coefficient (Wildman–Crippen LogP) is 2.97. The molecule has 3 aromatic rings. The van der Waals surface area contributed by atoms with Gasteiger partial charge in [-0.25, -0.2) is 4.98 Å². The Labute approximate surface area is 146 Å². The Morgan fingerprint density at radius 2 is 2.08 bits per heavy atom. The van der Waals surface area contributed by atoms with Gasteiger partial charge in [-0.1, -0.05) is 5.16 Å². The van der Waals surface area contributed by atoms with Crippen LogP contribution < -0.4 is 10.1 Å². The summed E-state index contributed by atoms with van der Waals surface area (Å²) in [7, 11) is 0. The van der Waals surface area contributed by atoms with E-state index in [9.17, 15) is 0 Å². The molecule has 128 valence electrons. The quantitative estimate of drug-likeness (QED) is 0.790. The summed E-state index contributed by atoms with van der Waals surface area (Å²) in [5.41, 5.74) is 6.12. The first-order valence-corrected chi connectivity index (χ1v) is 8.40. The molecule has 0 bridgehead atoms. The van der Waals surface area contributed by atoms with Crippen molar-refractivity contribution in [3.8, 4) is 17.1 Å². The van der Waals surface area contributed by atoms with Gasteiger partial charge in [-0.2, -0.15) is 0 Å². The van der Waals surface area contributed by atoms with Gasteiger partial charge in [0.05, 0.1) is 5.56 Å². The molecule has 4 rings (SSSR count). The molecule has 0 aromatic carbocycles. The van der Waals surface area contributed by atoms with E-state index in [0.29, 0.717) is 12.5 Å². The lowest BCUT2D eigenvalue weighted by Crippen LogP contribution is -2.23. The SMILES string of the molecule is Cc1ccc(-c2noc(C)c2COc2cc3c(cn2)CNCC3)cn1. The minimum Gasteiger partial charge on any atom is -0.473 e. The standard InChI is InChI=1S/C19H20N4O2/c1-12-3-4-15(9-21-12)19-17(13(2)25-23-19)11-24-18-7-14-5-6-20-8-16(14)10-22-18/h3-4,7,9-10,20H,5-6,8,11H2,1-2H3. The average molecular weight is 336 g/mol. The van der Waals surface area contributed by atoms with Crippen molar-refractivity contribution < 1.29 is 9.26 Å². The van der Waals surface area contributed by atoms with E-state index in [-0.39, 0.29) is 0 Å². The van der Waals surface area contributed by atoms with Gasteiger partial charge in [-0.15, -0.1) is 0 Å². The summed E-state index contributed by atoms with van der Waals surface area (Å²) in [6, 6.07) is 5.99. The Balaban J connectivity index is 1.55. The molecule has 6 heteroatoms. The largest absolute Gasteiger partial charge is 0.473 e. The fourth-order valence-electron chi connectivity index (χ4n) is 2.96.